The number of nitrogens with zero attached hydrogens (tertiary/aromatic N) is 3. The van der Waals surface area contributed by atoms with Crippen LogP contribution in [0.4, 0.5) is 17.3 Å². The summed E-state index contributed by atoms with van der Waals surface area (Å²) in [5, 5.41) is 9.47. The van der Waals surface area contributed by atoms with E-state index in [0.717, 1.165) is 11.4 Å². The fraction of sp³-hybridized carbons (Fsp3) is 0.222. The van der Waals surface area contributed by atoms with E-state index in [4.69, 9.17) is 9.26 Å². The third-order valence-corrected chi connectivity index (χ3v) is 3.27. The minimum atomic E-state index is -0.399. The molecule has 0 fully saturated rings. The molecular formula is C18H19N5O3. The molecule has 0 aliphatic carbocycles. The molecule has 2 heterocycles. The Morgan fingerprint density at radius 3 is 2.54 bits per heavy atom. The largest absolute Gasteiger partial charge is 0.491 e. The van der Waals surface area contributed by atoms with E-state index in [-0.39, 0.29) is 11.8 Å². The lowest BCUT2D eigenvalue weighted by molar-refractivity contribution is 0.102. The molecule has 3 aromatic rings. The van der Waals surface area contributed by atoms with E-state index in [9.17, 15) is 4.79 Å². The Kier molecular flexibility index (Phi) is 5.12. The first kappa shape index (κ1) is 17.4. The van der Waals surface area contributed by atoms with E-state index in [1.165, 1.54) is 6.33 Å². The van der Waals surface area contributed by atoms with Gasteiger partial charge in [0.1, 0.15) is 29.3 Å². The van der Waals surface area contributed by atoms with Crippen LogP contribution in [0.2, 0.25) is 0 Å². The van der Waals surface area contributed by atoms with E-state index in [0.29, 0.717) is 17.4 Å². The van der Waals surface area contributed by atoms with Gasteiger partial charge in [-0.05, 0) is 45.0 Å². The van der Waals surface area contributed by atoms with Gasteiger partial charge in [0.2, 0.25) is 0 Å². The van der Waals surface area contributed by atoms with Gasteiger partial charge in [0, 0.05) is 17.8 Å². The number of hydrogen-bond donors (Lipinski definition) is 2. The van der Waals surface area contributed by atoms with Gasteiger partial charge in [0.05, 0.1) is 6.10 Å². The third-order valence-electron chi connectivity index (χ3n) is 3.27. The second kappa shape index (κ2) is 7.64. The summed E-state index contributed by atoms with van der Waals surface area (Å²) in [6, 6.07) is 10.7. The van der Waals surface area contributed by atoms with Crippen molar-refractivity contribution in [2.24, 2.45) is 0 Å². The summed E-state index contributed by atoms with van der Waals surface area (Å²) in [5.41, 5.74) is 1.03. The van der Waals surface area contributed by atoms with Crippen molar-refractivity contribution in [2.75, 3.05) is 10.6 Å². The molecular weight excluding hydrogens is 334 g/mol. The van der Waals surface area contributed by atoms with E-state index in [1.807, 2.05) is 38.1 Å². The maximum Gasteiger partial charge on any atom is 0.275 e. The summed E-state index contributed by atoms with van der Waals surface area (Å²) in [5.74, 6) is 1.83. The first-order valence-corrected chi connectivity index (χ1v) is 8.10. The van der Waals surface area contributed by atoms with Crippen molar-refractivity contribution < 1.29 is 14.1 Å². The Hall–Kier alpha value is -3.42. The Morgan fingerprint density at radius 2 is 1.88 bits per heavy atom. The number of benzene rings is 1. The fourth-order valence-corrected chi connectivity index (χ4v) is 2.19. The Balaban J connectivity index is 1.67. The SMILES string of the molecule is Cc1cc(NC(=O)c2cc(Nc3ccc(OC(C)C)cc3)ncn2)no1. The number of amides is 1. The number of rotatable bonds is 6. The van der Waals surface area contributed by atoms with Crippen LogP contribution in [0.3, 0.4) is 0 Å². The maximum atomic E-state index is 12.2. The highest BCUT2D eigenvalue weighted by atomic mass is 16.5. The van der Waals surface area contributed by atoms with E-state index in [1.54, 1.807) is 19.1 Å². The van der Waals surface area contributed by atoms with E-state index >= 15 is 0 Å². The van der Waals surface area contributed by atoms with Crippen LogP contribution < -0.4 is 15.4 Å². The number of aromatic nitrogens is 3. The van der Waals surface area contributed by atoms with Gasteiger partial charge in [-0.1, -0.05) is 5.16 Å². The molecule has 8 nitrogen and oxygen atoms in total. The first-order valence-electron chi connectivity index (χ1n) is 8.10. The maximum absolute atomic E-state index is 12.2. The molecule has 2 aromatic heterocycles. The van der Waals surface area contributed by atoms with Crippen LogP contribution in [-0.4, -0.2) is 27.1 Å². The number of ether oxygens (including phenoxy) is 1. The van der Waals surface area contributed by atoms with E-state index < -0.39 is 5.91 Å². The summed E-state index contributed by atoms with van der Waals surface area (Å²) in [6.07, 6.45) is 1.44. The van der Waals surface area contributed by atoms with Crippen LogP contribution in [0, 0.1) is 6.92 Å². The lowest BCUT2D eigenvalue weighted by atomic mass is 10.3. The number of aryl methyl sites for hydroxylation is 1. The second-order valence-corrected chi connectivity index (χ2v) is 5.88. The minimum Gasteiger partial charge on any atom is -0.491 e. The molecule has 0 saturated carbocycles. The standard InChI is InChI=1S/C18H19N5O3/c1-11(2)25-14-6-4-13(5-7-14)21-16-9-15(19-10-20-16)18(24)22-17-8-12(3)26-23-17/h4-11H,1-3H3,(H,19,20,21)(H,22,23,24). The zero-order valence-electron chi connectivity index (χ0n) is 14.7. The predicted molar refractivity (Wildman–Crippen MR) is 96.7 cm³/mol. The van der Waals surface area contributed by atoms with Crippen LogP contribution >= 0.6 is 0 Å². The van der Waals surface area contributed by atoms with Crippen molar-refractivity contribution in [1.82, 2.24) is 15.1 Å². The number of hydrogen-bond acceptors (Lipinski definition) is 7. The smallest absolute Gasteiger partial charge is 0.275 e. The van der Waals surface area contributed by atoms with Crippen molar-refractivity contribution in [3.05, 3.63) is 54.2 Å². The van der Waals surface area contributed by atoms with Gasteiger partial charge in [-0.3, -0.25) is 4.79 Å². The van der Waals surface area contributed by atoms with E-state index in [2.05, 4.69) is 25.8 Å². The summed E-state index contributed by atoms with van der Waals surface area (Å²) in [7, 11) is 0. The average molecular weight is 353 g/mol. The average Bonchev–Trinajstić information content (AvgIpc) is 3.01. The Labute approximate surface area is 150 Å². The molecule has 2 N–H and O–H groups in total. The van der Waals surface area contributed by atoms with Crippen LogP contribution in [0.15, 0.2) is 47.2 Å². The van der Waals surface area contributed by atoms with Gasteiger partial charge in [-0.15, -0.1) is 0 Å². The zero-order valence-corrected chi connectivity index (χ0v) is 14.7. The molecule has 0 saturated heterocycles. The molecule has 0 spiro atoms. The molecule has 0 atom stereocenters. The highest BCUT2D eigenvalue weighted by Crippen LogP contribution is 2.20. The molecule has 0 bridgehead atoms. The second-order valence-electron chi connectivity index (χ2n) is 5.88. The number of nitrogens with one attached hydrogen (secondary N) is 2. The molecule has 8 heteroatoms. The summed E-state index contributed by atoms with van der Waals surface area (Å²) < 4.78 is 10.5. The van der Waals surface area contributed by atoms with Gasteiger partial charge in [0.25, 0.3) is 5.91 Å². The van der Waals surface area contributed by atoms with Crippen LogP contribution in [0.1, 0.15) is 30.1 Å². The summed E-state index contributed by atoms with van der Waals surface area (Å²) in [4.78, 5) is 20.4. The highest BCUT2D eigenvalue weighted by molar-refractivity contribution is 6.02. The Morgan fingerprint density at radius 1 is 1.12 bits per heavy atom. The van der Waals surface area contributed by atoms with Gasteiger partial charge in [0.15, 0.2) is 5.82 Å². The monoisotopic (exact) mass is 353 g/mol. The predicted octanol–water partition coefficient (Wildman–Crippen LogP) is 3.56. The lowest BCUT2D eigenvalue weighted by Crippen LogP contribution is -2.14. The topological polar surface area (TPSA) is 102 Å². The molecule has 134 valence electrons. The molecule has 1 amide bonds. The van der Waals surface area contributed by atoms with Gasteiger partial charge < -0.3 is 19.9 Å². The van der Waals surface area contributed by atoms with Crippen LogP contribution in [0.25, 0.3) is 0 Å². The normalized spacial score (nSPS) is 10.6. The van der Waals surface area contributed by atoms with Crippen LogP contribution in [-0.2, 0) is 0 Å². The number of carbonyl (C=O) groups excluding carboxylic acids is 1. The first-order chi connectivity index (χ1) is 12.5. The van der Waals surface area contributed by atoms with Crippen molar-refractivity contribution in [1.29, 1.82) is 0 Å². The van der Waals surface area contributed by atoms with Crippen molar-refractivity contribution in [3.63, 3.8) is 0 Å². The third kappa shape index (κ3) is 4.56. The molecule has 0 aliphatic rings. The summed E-state index contributed by atoms with van der Waals surface area (Å²) in [6.45, 7) is 5.69. The molecule has 1 aromatic carbocycles. The molecule has 0 unspecified atom stereocenters. The molecule has 26 heavy (non-hydrogen) atoms. The van der Waals surface area contributed by atoms with Gasteiger partial charge in [-0.25, -0.2) is 9.97 Å². The van der Waals surface area contributed by atoms with Gasteiger partial charge >= 0.3 is 0 Å². The van der Waals surface area contributed by atoms with Gasteiger partial charge in [-0.2, -0.15) is 0 Å². The molecule has 0 radical (unpaired) electrons. The number of anilines is 3. The minimum absolute atomic E-state index is 0.116. The molecule has 3 rings (SSSR count). The summed E-state index contributed by atoms with van der Waals surface area (Å²) >= 11 is 0. The molecule has 0 aliphatic heterocycles. The quantitative estimate of drug-likeness (QED) is 0.698. The lowest BCUT2D eigenvalue weighted by Gasteiger charge is -2.11. The zero-order chi connectivity index (χ0) is 18.5. The fourth-order valence-electron chi connectivity index (χ4n) is 2.19. The highest BCUT2D eigenvalue weighted by Gasteiger charge is 2.11. The van der Waals surface area contributed by atoms with Crippen molar-refractivity contribution in [2.45, 2.75) is 26.9 Å². The van der Waals surface area contributed by atoms with Crippen molar-refractivity contribution in [3.8, 4) is 5.75 Å². The van der Waals surface area contributed by atoms with Crippen LogP contribution in [0.5, 0.6) is 5.75 Å². The number of carbonyl (C=O) groups is 1. The Bertz CT molecular complexity index is 890. The van der Waals surface area contributed by atoms with Crippen molar-refractivity contribution >= 4 is 23.2 Å².